The second kappa shape index (κ2) is 4.18. The molecule has 1 aromatic carbocycles. The number of rotatable bonds is 1. The molecule has 2 aliphatic heterocycles. The zero-order valence-electron chi connectivity index (χ0n) is 10.9. The third-order valence-corrected chi connectivity index (χ3v) is 4.36. The molecule has 0 aliphatic carbocycles. The van der Waals surface area contributed by atoms with E-state index in [4.69, 9.17) is 0 Å². The Morgan fingerprint density at radius 2 is 2.05 bits per heavy atom. The summed E-state index contributed by atoms with van der Waals surface area (Å²) >= 11 is 0. The molecule has 3 atom stereocenters. The molecule has 0 N–H and O–H groups in total. The lowest BCUT2D eigenvalue weighted by atomic mass is 9.81. The predicted molar refractivity (Wildman–Crippen MR) is 71.3 cm³/mol. The van der Waals surface area contributed by atoms with Gasteiger partial charge in [-0.3, -0.25) is 5.01 Å². The number of aldehydes is 1. The van der Waals surface area contributed by atoms with Gasteiger partial charge in [0.15, 0.2) is 0 Å². The maximum Gasteiger partial charge on any atom is 0.233 e. The highest BCUT2D eigenvalue weighted by Crippen LogP contribution is 2.51. The van der Waals surface area contributed by atoms with E-state index in [0.717, 1.165) is 17.4 Å². The average Bonchev–Trinajstić information content (AvgIpc) is 2.75. The van der Waals surface area contributed by atoms with Crippen LogP contribution >= 0.6 is 0 Å². The van der Waals surface area contributed by atoms with Crippen LogP contribution in [-0.4, -0.2) is 23.0 Å². The Bertz CT molecular complexity index is 668. The van der Waals surface area contributed by atoms with Crippen LogP contribution in [0.25, 0.3) is 0 Å². The predicted octanol–water partition coefficient (Wildman–Crippen LogP) is 1.63. The van der Waals surface area contributed by atoms with Crippen molar-refractivity contribution in [1.82, 2.24) is 5.01 Å². The number of hydrazone groups is 1. The molecule has 2 heterocycles. The zero-order chi connectivity index (χ0) is 14.3. The van der Waals surface area contributed by atoms with E-state index >= 15 is 0 Å². The van der Waals surface area contributed by atoms with Gasteiger partial charge in [0.05, 0.1) is 12.3 Å². The van der Waals surface area contributed by atoms with E-state index < -0.39 is 17.4 Å². The van der Waals surface area contributed by atoms with E-state index in [1.54, 1.807) is 13.1 Å². The summed E-state index contributed by atoms with van der Waals surface area (Å²) in [5, 5.41) is 24.7. The minimum atomic E-state index is -1.39. The summed E-state index contributed by atoms with van der Waals surface area (Å²) in [6, 6.07) is 11.4. The monoisotopic (exact) mass is 264 g/mol. The highest BCUT2D eigenvalue weighted by atomic mass is 16.1. The minimum Gasteiger partial charge on any atom is -0.303 e. The SMILES string of the molecule is C[C@@H]1[C@@H](C=O)[C@@H]2c3ccccc3C=NN2C1(C#N)C#N. The number of fused-ring (bicyclic) bond motifs is 3. The Balaban J connectivity index is 2.23. The van der Waals surface area contributed by atoms with Gasteiger partial charge in [-0.15, -0.1) is 0 Å². The maximum atomic E-state index is 11.5. The van der Waals surface area contributed by atoms with Crippen molar-refractivity contribution in [1.29, 1.82) is 10.5 Å². The lowest BCUT2D eigenvalue weighted by Crippen LogP contribution is -2.43. The Hall–Kier alpha value is -2.66. The molecule has 2 aliphatic rings. The fourth-order valence-electron chi connectivity index (χ4n) is 3.19. The fraction of sp³-hybridized carbons (Fsp3) is 0.333. The molecule has 0 radical (unpaired) electrons. The van der Waals surface area contributed by atoms with Crippen LogP contribution in [-0.2, 0) is 4.79 Å². The molecule has 1 aromatic rings. The molecule has 0 amide bonds. The molecule has 98 valence electrons. The normalized spacial score (nSPS) is 28.9. The van der Waals surface area contributed by atoms with Gasteiger partial charge < -0.3 is 4.79 Å². The van der Waals surface area contributed by atoms with Crippen LogP contribution in [0.4, 0.5) is 0 Å². The summed E-state index contributed by atoms with van der Waals surface area (Å²) in [6.45, 7) is 1.77. The highest BCUT2D eigenvalue weighted by molar-refractivity contribution is 5.83. The topological polar surface area (TPSA) is 80.2 Å². The molecule has 0 bridgehead atoms. The molecule has 0 unspecified atom stereocenters. The van der Waals surface area contributed by atoms with Crippen molar-refractivity contribution < 1.29 is 4.79 Å². The lowest BCUT2D eigenvalue weighted by Gasteiger charge is -2.33. The molecule has 5 nitrogen and oxygen atoms in total. The summed E-state index contributed by atoms with van der Waals surface area (Å²) in [4.78, 5) is 11.5. The molecule has 20 heavy (non-hydrogen) atoms. The smallest absolute Gasteiger partial charge is 0.233 e. The quantitative estimate of drug-likeness (QED) is 0.722. The number of nitrogens with zero attached hydrogens (tertiary/aromatic N) is 4. The summed E-state index contributed by atoms with van der Waals surface area (Å²) < 4.78 is 0. The maximum absolute atomic E-state index is 11.5. The largest absolute Gasteiger partial charge is 0.303 e. The lowest BCUT2D eigenvalue weighted by molar-refractivity contribution is -0.112. The molecule has 1 fully saturated rings. The van der Waals surface area contributed by atoms with E-state index in [1.807, 2.05) is 24.3 Å². The first kappa shape index (κ1) is 12.4. The second-order valence-corrected chi connectivity index (χ2v) is 5.15. The van der Waals surface area contributed by atoms with Gasteiger partial charge in [0.1, 0.15) is 18.4 Å². The fourth-order valence-corrected chi connectivity index (χ4v) is 3.19. The molecule has 0 spiro atoms. The number of nitriles is 2. The van der Waals surface area contributed by atoms with E-state index in [9.17, 15) is 15.3 Å². The summed E-state index contributed by atoms with van der Waals surface area (Å²) in [7, 11) is 0. The van der Waals surface area contributed by atoms with Gasteiger partial charge in [-0.1, -0.05) is 31.2 Å². The number of hydrogen-bond donors (Lipinski definition) is 0. The molecule has 0 saturated carbocycles. The van der Waals surface area contributed by atoms with Crippen LogP contribution < -0.4 is 0 Å². The van der Waals surface area contributed by atoms with Gasteiger partial charge in [-0.05, 0) is 11.1 Å². The van der Waals surface area contributed by atoms with Gasteiger partial charge in [0.25, 0.3) is 0 Å². The molecule has 3 rings (SSSR count). The Labute approximate surface area is 116 Å². The minimum absolute atomic E-state index is 0.344. The first-order chi connectivity index (χ1) is 9.69. The first-order valence-electron chi connectivity index (χ1n) is 6.39. The highest BCUT2D eigenvalue weighted by Gasteiger charge is 2.59. The van der Waals surface area contributed by atoms with Gasteiger partial charge in [-0.25, -0.2) is 0 Å². The standard InChI is InChI=1S/C15H12N4O/c1-10-13(7-20)14-12-5-3-2-4-11(12)6-18-19(14)15(10,8-16)9-17/h2-7,10,13-14H,1H3/t10-,13-,14+/m1/s1. The van der Waals surface area contributed by atoms with E-state index in [-0.39, 0.29) is 6.04 Å². The van der Waals surface area contributed by atoms with E-state index in [2.05, 4.69) is 17.2 Å². The van der Waals surface area contributed by atoms with E-state index in [1.165, 1.54) is 5.01 Å². The van der Waals surface area contributed by atoms with Crippen LogP contribution in [0.1, 0.15) is 24.1 Å². The molecule has 0 aromatic heterocycles. The number of carbonyl (C=O) groups excluding carboxylic acids is 1. The summed E-state index contributed by atoms with van der Waals surface area (Å²) in [5.41, 5.74) is 0.485. The van der Waals surface area contributed by atoms with Gasteiger partial charge in [0.2, 0.25) is 5.54 Å². The van der Waals surface area contributed by atoms with Crippen LogP contribution in [0.5, 0.6) is 0 Å². The van der Waals surface area contributed by atoms with E-state index in [0.29, 0.717) is 0 Å². The van der Waals surface area contributed by atoms with Crippen molar-refractivity contribution in [2.45, 2.75) is 18.5 Å². The average molecular weight is 264 g/mol. The Morgan fingerprint density at radius 1 is 1.35 bits per heavy atom. The summed E-state index contributed by atoms with van der Waals surface area (Å²) in [6.07, 6.45) is 2.49. The molecular weight excluding hydrogens is 252 g/mol. The van der Waals surface area contributed by atoms with Crippen molar-refractivity contribution in [3.63, 3.8) is 0 Å². The van der Waals surface area contributed by atoms with Crippen molar-refractivity contribution in [2.24, 2.45) is 16.9 Å². The van der Waals surface area contributed by atoms with Crippen LogP contribution in [0.15, 0.2) is 29.4 Å². The first-order valence-corrected chi connectivity index (χ1v) is 6.39. The molecule has 5 heteroatoms. The van der Waals surface area contributed by atoms with Gasteiger partial charge in [0, 0.05) is 11.8 Å². The number of hydrogen-bond acceptors (Lipinski definition) is 5. The van der Waals surface area contributed by atoms with Crippen molar-refractivity contribution in [3.05, 3.63) is 35.4 Å². The third-order valence-electron chi connectivity index (χ3n) is 4.36. The molecular formula is C15H12N4O. The Kier molecular flexibility index (Phi) is 2.59. The van der Waals surface area contributed by atoms with Crippen molar-refractivity contribution in [3.8, 4) is 12.1 Å². The van der Waals surface area contributed by atoms with Crippen molar-refractivity contribution >= 4 is 12.5 Å². The molecule has 1 saturated heterocycles. The third kappa shape index (κ3) is 1.30. The van der Waals surface area contributed by atoms with Crippen molar-refractivity contribution in [2.75, 3.05) is 0 Å². The zero-order valence-corrected chi connectivity index (χ0v) is 10.9. The van der Waals surface area contributed by atoms with Crippen LogP contribution in [0.3, 0.4) is 0 Å². The Morgan fingerprint density at radius 3 is 2.70 bits per heavy atom. The van der Waals surface area contributed by atoms with Crippen LogP contribution in [0.2, 0.25) is 0 Å². The number of carbonyl (C=O) groups is 1. The van der Waals surface area contributed by atoms with Crippen LogP contribution in [0, 0.1) is 34.5 Å². The summed E-state index contributed by atoms with van der Waals surface area (Å²) in [5.74, 6) is -0.823. The number of benzene rings is 1. The van der Waals surface area contributed by atoms with Gasteiger partial charge >= 0.3 is 0 Å². The van der Waals surface area contributed by atoms with Gasteiger partial charge in [-0.2, -0.15) is 15.6 Å². The second-order valence-electron chi connectivity index (χ2n) is 5.15.